The summed E-state index contributed by atoms with van der Waals surface area (Å²) in [5.41, 5.74) is 0.741. The highest BCUT2D eigenvalue weighted by atomic mass is 19.3. The summed E-state index contributed by atoms with van der Waals surface area (Å²) in [5.74, 6) is 0. The van der Waals surface area contributed by atoms with E-state index in [4.69, 9.17) is 0 Å². The lowest BCUT2D eigenvalue weighted by Gasteiger charge is -2.11. The minimum atomic E-state index is -1.66. The highest BCUT2D eigenvalue weighted by molar-refractivity contribution is 5.38. The topological polar surface area (TPSA) is 26.3 Å². The summed E-state index contributed by atoms with van der Waals surface area (Å²) >= 11 is 0. The Morgan fingerprint density at radius 1 is 1.57 bits per heavy atom. The molecule has 0 fully saturated rings. The van der Waals surface area contributed by atoms with Crippen LogP contribution in [0.25, 0.3) is 0 Å². The molecule has 4 heteroatoms. The van der Waals surface area contributed by atoms with Crippen LogP contribution in [0.15, 0.2) is 24.3 Å². The fourth-order valence-electron chi connectivity index (χ4n) is 0.923. The molecule has 0 bridgehead atoms. The van der Waals surface area contributed by atoms with Gasteiger partial charge in [0.05, 0.1) is 0 Å². The Kier molecular flexibility index (Phi) is 6.62. The molecule has 0 spiro atoms. The Labute approximate surface area is 82.3 Å². The first-order chi connectivity index (χ1) is 6.57. The number of hydrogen-bond donors (Lipinski definition) is 0. The van der Waals surface area contributed by atoms with E-state index in [9.17, 15) is 13.6 Å². The number of rotatable bonds is 7. The van der Waals surface area contributed by atoms with Gasteiger partial charge in [0.15, 0.2) is 0 Å². The van der Waals surface area contributed by atoms with Crippen LogP contribution in [-0.2, 0) is 9.53 Å². The zero-order valence-corrected chi connectivity index (χ0v) is 8.13. The van der Waals surface area contributed by atoms with Crippen molar-refractivity contribution in [3.05, 3.63) is 24.3 Å². The minimum Gasteiger partial charge on any atom is -0.460 e. The fourth-order valence-corrected chi connectivity index (χ4v) is 0.923. The molecule has 80 valence electrons. The van der Waals surface area contributed by atoms with Crippen LogP contribution >= 0.6 is 0 Å². The summed E-state index contributed by atoms with van der Waals surface area (Å²) in [4.78, 5) is 9.97. The van der Waals surface area contributed by atoms with E-state index in [1.165, 1.54) is 0 Å². The zero-order valence-electron chi connectivity index (χ0n) is 8.13. The van der Waals surface area contributed by atoms with Gasteiger partial charge in [0, 0.05) is 0 Å². The number of carbonyl (C=O) groups is 1. The van der Waals surface area contributed by atoms with Gasteiger partial charge in [-0.3, -0.25) is 4.79 Å². The molecule has 0 amide bonds. The van der Waals surface area contributed by atoms with E-state index in [1.807, 2.05) is 0 Å². The molecule has 1 atom stereocenters. The van der Waals surface area contributed by atoms with Gasteiger partial charge in [0.1, 0.15) is 6.10 Å². The van der Waals surface area contributed by atoms with Crippen LogP contribution in [0.4, 0.5) is 8.78 Å². The van der Waals surface area contributed by atoms with Crippen LogP contribution in [0, 0.1) is 0 Å². The van der Waals surface area contributed by atoms with Crippen molar-refractivity contribution in [1.29, 1.82) is 0 Å². The van der Waals surface area contributed by atoms with E-state index < -0.39 is 6.08 Å². The molecule has 0 heterocycles. The number of carbonyl (C=O) groups excluding carboxylic acids is 1. The van der Waals surface area contributed by atoms with Crippen LogP contribution in [0.2, 0.25) is 0 Å². The third-order valence-corrected chi connectivity index (χ3v) is 1.84. The standard InChI is InChI=1S/C10H14F2O2/c1-8(9(2)14-7-13)5-3-4-6-10(11)12/h6-7,9H,1,3-5H2,2H3. The van der Waals surface area contributed by atoms with Gasteiger partial charge in [-0.25, -0.2) is 0 Å². The third-order valence-electron chi connectivity index (χ3n) is 1.84. The maximum atomic E-state index is 11.6. The van der Waals surface area contributed by atoms with Gasteiger partial charge in [0.25, 0.3) is 12.6 Å². The molecule has 0 rings (SSSR count). The Morgan fingerprint density at radius 3 is 2.71 bits per heavy atom. The van der Waals surface area contributed by atoms with E-state index in [-0.39, 0.29) is 6.10 Å². The molecule has 0 N–H and O–H groups in total. The van der Waals surface area contributed by atoms with Gasteiger partial charge < -0.3 is 4.74 Å². The molecule has 0 aliphatic carbocycles. The summed E-state index contributed by atoms with van der Waals surface area (Å²) in [6, 6.07) is 0. The monoisotopic (exact) mass is 204 g/mol. The summed E-state index contributed by atoms with van der Waals surface area (Å²) in [6.45, 7) is 5.75. The van der Waals surface area contributed by atoms with Gasteiger partial charge in [-0.2, -0.15) is 8.78 Å². The average molecular weight is 204 g/mol. The molecular weight excluding hydrogens is 190 g/mol. The van der Waals surface area contributed by atoms with Crippen LogP contribution in [0.3, 0.4) is 0 Å². The van der Waals surface area contributed by atoms with Crippen molar-refractivity contribution in [2.24, 2.45) is 0 Å². The molecule has 0 aromatic rings. The molecule has 0 aromatic heterocycles. The molecule has 14 heavy (non-hydrogen) atoms. The molecule has 0 aliphatic heterocycles. The average Bonchev–Trinajstić information content (AvgIpc) is 2.12. The Morgan fingerprint density at radius 2 is 2.21 bits per heavy atom. The fraction of sp³-hybridized carbons (Fsp3) is 0.500. The molecule has 0 radical (unpaired) electrons. The Bertz CT molecular complexity index is 220. The number of ether oxygens (including phenoxy) is 1. The van der Waals surface area contributed by atoms with Crippen LogP contribution in [0.5, 0.6) is 0 Å². The Balaban J connectivity index is 3.63. The Hall–Kier alpha value is -1.19. The molecule has 0 saturated heterocycles. The first kappa shape index (κ1) is 12.8. The first-order valence-corrected chi connectivity index (χ1v) is 4.36. The van der Waals surface area contributed by atoms with Gasteiger partial charge in [-0.05, 0) is 37.8 Å². The molecule has 2 nitrogen and oxygen atoms in total. The summed E-state index contributed by atoms with van der Waals surface area (Å²) in [6.07, 6.45) is 0.356. The van der Waals surface area contributed by atoms with Crippen molar-refractivity contribution in [1.82, 2.24) is 0 Å². The lowest BCUT2D eigenvalue weighted by Crippen LogP contribution is -2.09. The number of unbranched alkanes of at least 4 members (excludes halogenated alkanes) is 1. The van der Waals surface area contributed by atoms with Gasteiger partial charge in [-0.15, -0.1) is 0 Å². The second-order valence-electron chi connectivity index (χ2n) is 2.92. The lowest BCUT2D eigenvalue weighted by molar-refractivity contribution is -0.131. The predicted molar refractivity (Wildman–Crippen MR) is 49.9 cm³/mol. The van der Waals surface area contributed by atoms with E-state index in [2.05, 4.69) is 11.3 Å². The highest BCUT2D eigenvalue weighted by Gasteiger charge is 2.05. The number of hydrogen-bond acceptors (Lipinski definition) is 2. The van der Waals surface area contributed by atoms with Crippen LogP contribution in [-0.4, -0.2) is 12.6 Å². The van der Waals surface area contributed by atoms with Crippen molar-refractivity contribution < 1.29 is 18.3 Å². The highest BCUT2D eigenvalue weighted by Crippen LogP contribution is 2.13. The minimum absolute atomic E-state index is 0.315. The second kappa shape index (κ2) is 7.24. The van der Waals surface area contributed by atoms with Gasteiger partial charge >= 0.3 is 0 Å². The molecular formula is C10H14F2O2. The third kappa shape index (κ3) is 6.34. The summed E-state index contributed by atoms with van der Waals surface area (Å²) in [5, 5.41) is 0. The van der Waals surface area contributed by atoms with Gasteiger partial charge in [-0.1, -0.05) is 6.58 Å². The SMILES string of the molecule is C=C(CCCC=C(F)F)C(C)OC=O. The van der Waals surface area contributed by atoms with Crippen molar-refractivity contribution >= 4 is 6.47 Å². The largest absolute Gasteiger partial charge is 0.460 e. The predicted octanol–water partition coefficient (Wildman–Crippen LogP) is 3.05. The van der Waals surface area contributed by atoms with Crippen molar-refractivity contribution in [2.75, 3.05) is 0 Å². The quantitative estimate of drug-likeness (QED) is 0.362. The van der Waals surface area contributed by atoms with Crippen LogP contribution in [0.1, 0.15) is 26.2 Å². The van der Waals surface area contributed by atoms with Crippen molar-refractivity contribution in [2.45, 2.75) is 32.3 Å². The summed E-state index contributed by atoms with van der Waals surface area (Å²) < 4.78 is 27.9. The lowest BCUT2D eigenvalue weighted by atomic mass is 10.1. The van der Waals surface area contributed by atoms with E-state index in [0.29, 0.717) is 25.7 Å². The molecule has 0 saturated carbocycles. The summed E-state index contributed by atoms with van der Waals surface area (Å²) in [7, 11) is 0. The molecule has 1 unspecified atom stereocenters. The maximum absolute atomic E-state index is 11.6. The second-order valence-corrected chi connectivity index (χ2v) is 2.92. The zero-order chi connectivity index (χ0) is 11.0. The number of allylic oxidation sites excluding steroid dienone is 1. The van der Waals surface area contributed by atoms with Crippen molar-refractivity contribution in [3.63, 3.8) is 0 Å². The molecule has 0 aliphatic rings. The normalized spacial score (nSPS) is 11.6. The smallest absolute Gasteiger partial charge is 0.293 e. The van der Waals surface area contributed by atoms with Crippen molar-refractivity contribution in [3.8, 4) is 0 Å². The number of halogens is 2. The maximum Gasteiger partial charge on any atom is 0.293 e. The van der Waals surface area contributed by atoms with E-state index >= 15 is 0 Å². The van der Waals surface area contributed by atoms with Crippen LogP contribution < -0.4 is 0 Å². The van der Waals surface area contributed by atoms with E-state index in [1.54, 1.807) is 6.92 Å². The van der Waals surface area contributed by atoms with E-state index in [0.717, 1.165) is 11.6 Å². The van der Waals surface area contributed by atoms with Gasteiger partial charge in [0.2, 0.25) is 0 Å². The molecule has 0 aromatic carbocycles. The first-order valence-electron chi connectivity index (χ1n) is 4.36.